The van der Waals surface area contributed by atoms with Crippen LogP contribution in [0.1, 0.15) is 23.0 Å². The van der Waals surface area contributed by atoms with Gasteiger partial charge in [0.05, 0.1) is 18.3 Å². The monoisotopic (exact) mass is 461 g/mol. The summed E-state index contributed by atoms with van der Waals surface area (Å²) in [5, 5.41) is 13.4. The number of benzene rings is 2. The van der Waals surface area contributed by atoms with Crippen molar-refractivity contribution in [3.05, 3.63) is 77.6 Å². The third-order valence-electron chi connectivity index (χ3n) is 4.81. The van der Waals surface area contributed by atoms with Gasteiger partial charge in [-0.3, -0.25) is 19.8 Å². The van der Waals surface area contributed by atoms with E-state index in [1.54, 1.807) is 48.5 Å². The number of thiocarbonyl (C=S) groups is 1. The van der Waals surface area contributed by atoms with Gasteiger partial charge in [-0.25, -0.2) is 0 Å². The molecule has 2 aromatic carbocycles. The molecule has 0 aliphatic carbocycles. The summed E-state index contributed by atoms with van der Waals surface area (Å²) in [4.78, 5) is 37.8. The lowest BCUT2D eigenvalue weighted by atomic mass is 10.1. The molecule has 0 bridgehead atoms. The summed E-state index contributed by atoms with van der Waals surface area (Å²) in [6.07, 6.45) is 1.33. The SMILES string of the molecule is CCOc1cccc(N2C(=O)/C(=C\c3ccc(-c4ccc(C(=O)[O-])cc4)o3)C(=O)NC2=S)c1. The molecule has 3 aromatic rings. The number of rotatable bonds is 6. The molecule has 166 valence electrons. The van der Waals surface area contributed by atoms with Crippen LogP contribution in [0.25, 0.3) is 17.4 Å². The van der Waals surface area contributed by atoms with Crippen LogP contribution in [0, 0.1) is 0 Å². The second kappa shape index (κ2) is 9.09. The molecule has 1 N–H and O–H groups in total. The van der Waals surface area contributed by atoms with Gasteiger partial charge in [0.25, 0.3) is 11.8 Å². The van der Waals surface area contributed by atoms with Crippen LogP contribution >= 0.6 is 12.2 Å². The number of anilines is 1. The molecule has 0 atom stereocenters. The molecule has 0 spiro atoms. The number of carbonyl (C=O) groups is 3. The summed E-state index contributed by atoms with van der Waals surface area (Å²) in [6.45, 7) is 2.31. The van der Waals surface area contributed by atoms with E-state index in [0.29, 0.717) is 29.4 Å². The van der Waals surface area contributed by atoms with E-state index in [2.05, 4.69) is 5.32 Å². The van der Waals surface area contributed by atoms with Gasteiger partial charge < -0.3 is 19.1 Å². The molecular formula is C24H17N2O6S-. The molecule has 1 aliphatic heterocycles. The number of hydrogen-bond acceptors (Lipinski definition) is 7. The van der Waals surface area contributed by atoms with Crippen LogP contribution in [-0.2, 0) is 9.59 Å². The maximum absolute atomic E-state index is 13.2. The molecule has 0 radical (unpaired) electrons. The van der Waals surface area contributed by atoms with Gasteiger partial charge in [-0.1, -0.05) is 30.3 Å². The second-order valence-electron chi connectivity index (χ2n) is 6.96. The van der Waals surface area contributed by atoms with Crippen molar-refractivity contribution in [3.8, 4) is 17.1 Å². The lowest BCUT2D eigenvalue weighted by Gasteiger charge is -2.29. The van der Waals surface area contributed by atoms with Gasteiger partial charge in [-0.05, 0) is 55.0 Å². The molecule has 0 saturated carbocycles. The number of amides is 2. The number of carboxylic acids is 1. The van der Waals surface area contributed by atoms with E-state index in [4.69, 9.17) is 21.4 Å². The Balaban J connectivity index is 1.63. The highest BCUT2D eigenvalue weighted by molar-refractivity contribution is 7.80. The van der Waals surface area contributed by atoms with E-state index < -0.39 is 17.8 Å². The molecule has 1 fully saturated rings. The zero-order valence-corrected chi connectivity index (χ0v) is 18.2. The Morgan fingerprint density at radius 1 is 1.15 bits per heavy atom. The summed E-state index contributed by atoms with van der Waals surface area (Å²) in [5.74, 6) is -1.25. The first-order valence-corrected chi connectivity index (χ1v) is 10.3. The third-order valence-corrected chi connectivity index (χ3v) is 5.09. The molecular weight excluding hydrogens is 444 g/mol. The number of hydrogen-bond donors (Lipinski definition) is 1. The topological polar surface area (TPSA) is 112 Å². The molecule has 8 nitrogen and oxygen atoms in total. The minimum absolute atomic E-state index is 0.0380. The summed E-state index contributed by atoms with van der Waals surface area (Å²) in [7, 11) is 0. The number of furan rings is 1. The minimum atomic E-state index is -1.28. The predicted octanol–water partition coefficient (Wildman–Crippen LogP) is 2.54. The van der Waals surface area contributed by atoms with Gasteiger partial charge in [0.2, 0.25) is 0 Å². The lowest BCUT2D eigenvalue weighted by molar-refractivity contribution is -0.255. The van der Waals surface area contributed by atoms with Crippen molar-refractivity contribution in [2.24, 2.45) is 0 Å². The van der Waals surface area contributed by atoms with Crippen LogP contribution in [0.2, 0.25) is 0 Å². The first kappa shape index (κ1) is 22.0. The van der Waals surface area contributed by atoms with Crippen molar-refractivity contribution in [3.63, 3.8) is 0 Å². The fraction of sp³-hybridized carbons (Fsp3) is 0.0833. The van der Waals surface area contributed by atoms with E-state index in [1.165, 1.54) is 23.1 Å². The Labute approximate surface area is 194 Å². The van der Waals surface area contributed by atoms with Crippen LogP contribution in [0.3, 0.4) is 0 Å². The zero-order chi connectivity index (χ0) is 23.5. The standard InChI is InChI=1S/C24H18N2O6S/c1-2-31-17-5-3-4-16(12-17)26-22(28)19(21(27)25-24(26)33)13-18-10-11-20(32-18)14-6-8-15(9-7-14)23(29)30/h3-13H,2H2,1H3,(H,29,30)(H,25,27,33)/p-1/b19-13-. The van der Waals surface area contributed by atoms with Crippen LogP contribution < -0.4 is 20.1 Å². The Bertz CT molecular complexity index is 1290. The van der Waals surface area contributed by atoms with Crippen LogP contribution in [0.5, 0.6) is 5.75 Å². The van der Waals surface area contributed by atoms with Crippen molar-refractivity contribution >= 4 is 46.9 Å². The van der Waals surface area contributed by atoms with E-state index in [-0.39, 0.29) is 22.0 Å². The second-order valence-corrected chi connectivity index (χ2v) is 7.34. The highest BCUT2D eigenvalue weighted by atomic mass is 32.1. The zero-order valence-electron chi connectivity index (χ0n) is 17.4. The normalized spacial score (nSPS) is 15.0. The van der Waals surface area contributed by atoms with Crippen molar-refractivity contribution in [1.82, 2.24) is 5.32 Å². The molecule has 9 heteroatoms. The Morgan fingerprint density at radius 3 is 2.61 bits per heavy atom. The largest absolute Gasteiger partial charge is 0.545 e. The summed E-state index contributed by atoms with van der Waals surface area (Å²) < 4.78 is 11.2. The number of ether oxygens (including phenoxy) is 1. The molecule has 0 unspecified atom stereocenters. The third kappa shape index (κ3) is 4.53. The van der Waals surface area contributed by atoms with E-state index >= 15 is 0 Å². The van der Waals surface area contributed by atoms with Crippen LogP contribution in [-0.4, -0.2) is 29.5 Å². The average Bonchev–Trinajstić information content (AvgIpc) is 3.26. The number of carboxylic acid groups (broad SMARTS) is 1. The summed E-state index contributed by atoms with van der Waals surface area (Å²) in [5.41, 5.74) is 0.967. The average molecular weight is 461 g/mol. The minimum Gasteiger partial charge on any atom is -0.545 e. The number of aromatic carboxylic acids is 1. The molecule has 2 amide bonds. The molecule has 1 aliphatic rings. The maximum Gasteiger partial charge on any atom is 0.270 e. The van der Waals surface area contributed by atoms with Crippen molar-refractivity contribution < 1.29 is 28.6 Å². The maximum atomic E-state index is 13.2. The smallest absolute Gasteiger partial charge is 0.270 e. The number of nitrogens with zero attached hydrogens (tertiary/aromatic N) is 1. The van der Waals surface area contributed by atoms with Crippen LogP contribution in [0.4, 0.5) is 5.69 Å². The van der Waals surface area contributed by atoms with Crippen molar-refractivity contribution in [2.45, 2.75) is 6.92 Å². The Hall–Kier alpha value is -4.24. The molecule has 2 heterocycles. The van der Waals surface area contributed by atoms with E-state index in [0.717, 1.165) is 0 Å². The first-order valence-electron chi connectivity index (χ1n) is 9.93. The van der Waals surface area contributed by atoms with Crippen molar-refractivity contribution in [2.75, 3.05) is 11.5 Å². The van der Waals surface area contributed by atoms with E-state index in [1.807, 2.05) is 6.92 Å². The fourth-order valence-corrected chi connectivity index (χ4v) is 3.55. The van der Waals surface area contributed by atoms with E-state index in [9.17, 15) is 19.5 Å². The van der Waals surface area contributed by atoms with Gasteiger partial charge in [-0.2, -0.15) is 0 Å². The van der Waals surface area contributed by atoms with Gasteiger partial charge >= 0.3 is 0 Å². The molecule has 33 heavy (non-hydrogen) atoms. The van der Waals surface area contributed by atoms with Gasteiger partial charge in [0.1, 0.15) is 22.8 Å². The Morgan fingerprint density at radius 2 is 1.91 bits per heavy atom. The molecule has 4 rings (SSSR count). The highest BCUT2D eigenvalue weighted by Crippen LogP contribution is 2.27. The van der Waals surface area contributed by atoms with Crippen molar-refractivity contribution in [1.29, 1.82) is 0 Å². The lowest BCUT2D eigenvalue weighted by Crippen LogP contribution is -2.54. The predicted molar refractivity (Wildman–Crippen MR) is 122 cm³/mol. The highest BCUT2D eigenvalue weighted by Gasteiger charge is 2.35. The van der Waals surface area contributed by atoms with Gasteiger partial charge in [0, 0.05) is 11.6 Å². The number of nitrogens with one attached hydrogen (secondary N) is 1. The number of carbonyl (C=O) groups excluding carboxylic acids is 3. The van der Waals surface area contributed by atoms with Crippen LogP contribution in [0.15, 0.2) is 70.7 Å². The summed E-state index contributed by atoms with van der Waals surface area (Å²) >= 11 is 5.22. The Kier molecular flexibility index (Phi) is 6.05. The fourth-order valence-electron chi connectivity index (χ4n) is 3.27. The van der Waals surface area contributed by atoms with Gasteiger partial charge in [0.15, 0.2) is 5.11 Å². The molecule has 1 saturated heterocycles. The van der Waals surface area contributed by atoms with Gasteiger partial charge in [-0.15, -0.1) is 0 Å². The summed E-state index contributed by atoms with van der Waals surface area (Å²) in [6, 6.07) is 16.0. The quantitative estimate of drug-likeness (QED) is 0.341. The molecule has 1 aromatic heterocycles. The first-order chi connectivity index (χ1) is 15.9.